The Balaban J connectivity index is 1.42. The number of nitrogens with one attached hydrogen (secondary N) is 1. The van der Waals surface area contributed by atoms with Gasteiger partial charge in [-0.15, -0.1) is 10.2 Å². The first-order valence-corrected chi connectivity index (χ1v) is 10.7. The van der Waals surface area contributed by atoms with Gasteiger partial charge in [-0.3, -0.25) is 0 Å². The van der Waals surface area contributed by atoms with Gasteiger partial charge in [0.15, 0.2) is 5.82 Å². The van der Waals surface area contributed by atoms with Gasteiger partial charge in [0.25, 0.3) is 0 Å². The highest BCUT2D eigenvalue weighted by Crippen LogP contribution is 2.30. The van der Waals surface area contributed by atoms with Crippen LogP contribution in [0.4, 0.5) is 0 Å². The van der Waals surface area contributed by atoms with Crippen molar-refractivity contribution in [3.63, 3.8) is 0 Å². The van der Waals surface area contributed by atoms with Crippen LogP contribution in [0.1, 0.15) is 24.7 Å². The number of aromatic amines is 1. The fourth-order valence-corrected chi connectivity index (χ4v) is 3.79. The molecular formula is C25H23N7. The zero-order chi connectivity index (χ0) is 21.8. The minimum Gasteiger partial charge on any atom is -0.245 e. The fraction of sp³-hybridized carbons (Fsp3) is 0.160. The summed E-state index contributed by atoms with van der Waals surface area (Å²) in [6.07, 6.45) is 1.93. The molecule has 0 unspecified atom stereocenters. The molecule has 0 saturated carbocycles. The second-order valence-corrected chi connectivity index (χ2v) is 7.60. The van der Waals surface area contributed by atoms with Crippen molar-refractivity contribution in [1.82, 2.24) is 35.4 Å². The monoisotopic (exact) mass is 421 g/mol. The average Bonchev–Trinajstić information content (AvgIpc) is 3.51. The lowest BCUT2D eigenvalue weighted by molar-refractivity contribution is 0.630. The van der Waals surface area contributed by atoms with E-state index in [1.807, 2.05) is 53.2 Å². The maximum atomic E-state index is 4.80. The SMILES string of the molecule is CCCc1nc(-c2ccccc2)nn1Cc1ccc(-c2ccccc2-c2nn[nH]n2)cc1. The second kappa shape index (κ2) is 8.93. The minimum absolute atomic E-state index is 0.588. The molecule has 0 saturated heterocycles. The topological polar surface area (TPSA) is 85.2 Å². The third-order valence-corrected chi connectivity index (χ3v) is 5.36. The van der Waals surface area contributed by atoms with E-state index in [1.165, 1.54) is 5.56 Å². The molecule has 0 aliphatic rings. The summed E-state index contributed by atoms with van der Waals surface area (Å²) in [6, 6.07) is 26.7. The standard InChI is InChI=1S/C25H23N7/c1-2-8-23-26-24(20-9-4-3-5-10-20)29-32(23)17-18-13-15-19(16-14-18)21-11-6-7-12-22(21)25-27-30-31-28-25/h3-7,9-16H,2,8,17H2,1H3,(H,27,28,30,31). The van der Waals surface area contributed by atoms with E-state index in [2.05, 4.69) is 57.9 Å². The van der Waals surface area contributed by atoms with E-state index in [-0.39, 0.29) is 0 Å². The number of tetrazole rings is 1. The van der Waals surface area contributed by atoms with Crippen molar-refractivity contribution >= 4 is 0 Å². The molecule has 32 heavy (non-hydrogen) atoms. The number of hydrogen-bond donors (Lipinski definition) is 1. The molecule has 5 aromatic rings. The van der Waals surface area contributed by atoms with E-state index in [1.54, 1.807) is 0 Å². The lowest BCUT2D eigenvalue weighted by Crippen LogP contribution is -2.07. The molecule has 0 spiro atoms. The molecule has 2 aromatic heterocycles. The molecule has 7 nitrogen and oxygen atoms in total. The van der Waals surface area contributed by atoms with Crippen LogP contribution in [-0.4, -0.2) is 35.4 Å². The molecule has 0 radical (unpaired) electrons. The molecular weight excluding hydrogens is 398 g/mol. The van der Waals surface area contributed by atoms with E-state index in [0.29, 0.717) is 12.4 Å². The summed E-state index contributed by atoms with van der Waals surface area (Å²) in [6.45, 7) is 2.85. The zero-order valence-corrected chi connectivity index (χ0v) is 17.8. The van der Waals surface area contributed by atoms with Gasteiger partial charge in [0.1, 0.15) is 5.82 Å². The van der Waals surface area contributed by atoms with E-state index in [4.69, 9.17) is 10.1 Å². The Morgan fingerprint density at radius 2 is 1.53 bits per heavy atom. The van der Waals surface area contributed by atoms with Gasteiger partial charge >= 0.3 is 0 Å². The van der Waals surface area contributed by atoms with Crippen molar-refractivity contribution in [3.8, 4) is 33.9 Å². The molecule has 3 aromatic carbocycles. The third-order valence-electron chi connectivity index (χ3n) is 5.36. The highest BCUT2D eigenvalue weighted by atomic mass is 15.5. The van der Waals surface area contributed by atoms with Crippen LogP contribution < -0.4 is 0 Å². The largest absolute Gasteiger partial charge is 0.245 e. The highest BCUT2D eigenvalue weighted by Gasteiger charge is 2.13. The Kier molecular flexibility index (Phi) is 5.53. The summed E-state index contributed by atoms with van der Waals surface area (Å²) in [5.74, 6) is 2.38. The van der Waals surface area contributed by atoms with Crippen LogP contribution in [0.25, 0.3) is 33.9 Å². The van der Waals surface area contributed by atoms with Crippen molar-refractivity contribution < 1.29 is 0 Å². The van der Waals surface area contributed by atoms with Crippen molar-refractivity contribution in [1.29, 1.82) is 0 Å². The molecule has 0 aliphatic carbocycles. The third kappa shape index (κ3) is 4.05. The van der Waals surface area contributed by atoms with Gasteiger partial charge in [-0.05, 0) is 28.3 Å². The molecule has 0 bridgehead atoms. The summed E-state index contributed by atoms with van der Waals surface area (Å²) in [5, 5.41) is 19.3. The maximum absolute atomic E-state index is 4.80. The van der Waals surface area contributed by atoms with Gasteiger partial charge in [0, 0.05) is 17.5 Å². The summed E-state index contributed by atoms with van der Waals surface area (Å²) < 4.78 is 2.02. The predicted molar refractivity (Wildman–Crippen MR) is 124 cm³/mol. The van der Waals surface area contributed by atoms with Gasteiger partial charge < -0.3 is 0 Å². The molecule has 0 atom stereocenters. The number of benzene rings is 3. The van der Waals surface area contributed by atoms with Crippen molar-refractivity contribution in [2.75, 3.05) is 0 Å². The molecule has 7 heteroatoms. The highest BCUT2D eigenvalue weighted by molar-refractivity contribution is 5.80. The quantitative estimate of drug-likeness (QED) is 0.408. The van der Waals surface area contributed by atoms with Crippen molar-refractivity contribution in [3.05, 3.63) is 90.3 Å². The minimum atomic E-state index is 0.588. The van der Waals surface area contributed by atoms with Gasteiger partial charge in [0.2, 0.25) is 5.82 Å². The lowest BCUT2D eigenvalue weighted by atomic mass is 9.98. The lowest BCUT2D eigenvalue weighted by Gasteiger charge is -2.09. The molecule has 1 N–H and O–H groups in total. The summed E-state index contributed by atoms with van der Waals surface area (Å²) in [5.41, 5.74) is 5.33. The van der Waals surface area contributed by atoms with Gasteiger partial charge in [-0.25, -0.2) is 9.67 Å². The van der Waals surface area contributed by atoms with Crippen LogP contribution in [0.3, 0.4) is 0 Å². The van der Waals surface area contributed by atoms with Crippen molar-refractivity contribution in [2.24, 2.45) is 0 Å². The Morgan fingerprint density at radius 1 is 0.781 bits per heavy atom. The maximum Gasteiger partial charge on any atom is 0.205 e. The number of hydrogen-bond acceptors (Lipinski definition) is 5. The Labute approximate surface area is 186 Å². The first-order chi connectivity index (χ1) is 15.8. The molecule has 158 valence electrons. The fourth-order valence-electron chi connectivity index (χ4n) is 3.79. The van der Waals surface area contributed by atoms with Crippen molar-refractivity contribution in [2.45, 2.75) is 26.3 Å². The van der Waals surface area contributed by atoms with Gasteiger partial charge in [-0.1, -0.05) is 85.8 Å². The first-order valence-electron chi connectivity index (χ1n) is 10.7. The van der Waals surface area contributed by atoms with Crippen LogP contribution in [-0.2, 0) is 13.0 Å². The number of aromatic nitrogens is 7. The van der Waals surface area contributed by atoms with Crippen LogP contribution in [0, 0.1) is 0 Å². The summed E-state index contributed by atoms with van der Waals surface area (Å²) in [7, 11) is 0. The van der Waals surface area contributed by atoms with E-state index in [0.717, 1.165) is 46.7 Å². The predicted octanol–water partition coefficient (Wildman–Crippen LogP) is 4.79. The van der Waals surface area contributed by atoms with Crippen LogP contribution in [0.2, 0.25) is 0 Å². The van der Waals surface area contributed by atoms with Gasteiger partial charge in [-0.2, -0.15) is 10.3 Å². The number of nitrogens with zero attached hydrogens (tertiary/aromatic N) is 6. The number of rotatable bonds is 7. The molecule has 0 aliphatic heterocycles. The smallest absolute Gasteiger partial charge is 0.205 e. The van der Waals surface area contributed by atoms with Gasteiger partial charge in [0.05, 0.1) is 6.54 Å². The van der Waals surface area contributed by atoms with Crippen LogP contribution in [0.15, 0.2) is 78.9 Å². The molecule has 0 fully saturated rings. The number of aryl methyl sites for hydroxylation is 1. The zero-order valence-electron chi connectivity index (χ0n) is 17.8. The van der Waals surface area contributed by atoms with E-state index < -0.39 is 0 Å². The Hall–Kier alpha value is -4.13. The molecule has 5 rings (SSSR count). The summed E-state index contributed by atoms with van der Waals surface area (Å²) >= 11 is 0. The normalized spacial score (nSPS) is 11.0. The summed E-state index contributed by atoms with van der Waals surface area (Å²) in [4.78, 5) is 4.80. The Morgan fingerprint density at radius 3 is 2.25 bits per heavy atom. The Bertz CT molecular complexity index is 1290. The average molecular weight is 422 g/mol. The molecule has 2 heterocycles. The number of H-pyrrole nitrogens is 1. The van der Waals surface area contributed by atoms with Crippen LogP contribution >= 0.6 is 0 Å². The molecule has 0 amide bonds. The van der Waals surface area contributed by atoms with Crippen LogP contribution in [0.5, 0.6) is 0 Å². The first kappa shape index (κ1) is 19.8. The second-order valence-electron chi connectivity index (χ2n) is 7.60. The van der Waals surface area contributed by atoms with E-state index in [9.17, 15) is 0 Å². The van der Waals surface area contributed by atoms with E-state index >= 15 is 0 Å².